The Morgan fingerprint density at radius 3 is 2.69 bits per heavy atom. The second-order valence-electron chi connectivity index (χ2n) is 16.0. The van der Waals surface area contributed by atoms with Crippen molar-refractivity contribution in [2.75, 3.05) is 39.8 Å². The molecule has 5 fully saturated rings. The van der Waals surface area contributed by atoms with Crippen LogP contribution in [0, 0.1) is 30.1 Å². The lowest BCUT2D eigenvalue weighted by Gasteiger charge is -2.64. The number of likely N-dealkylation sites (N-methyl/N-ethyl adjacent to an activating group) is 1. The van der Waals surface area contributed by atoms with Gasteiger partial charge in [-0.1, -0.05) is 56.0 Å². The molecule has 6 aliphatic rings. The number of benzene rings is 1. The van der Waals surface area contributed by atoms with Crippen molar-refractivity contribution in [1.82, 2.24) is 25.3 Å². The van der Waals surface area contributed by atoms with Gasteiger partial charge in [-0.25, -0.2) is 0 Å². The largest absolute Gasteiger partial charge is 0.348 e. The lowest BCUT2D eigenvalue weighted by Crippen LogP contribution is -2.79. The number of carbonyl (C=O) groups is 1. The molecule has 4 heterocycles. The number of thioether (sulfide) groups is 1. The first-order valence-electron chi connectivity index (χ1n) is 18.9. The Morgan fingerprint density at radius 2 is 1.94 bits per heavy atom. The molecule has 2 aliphatic carbocycles. The van der Waals surface area contributed by atoms with E-state index in [4.69, 9.17) is 4.74 Å². The number of likely N-dealkylation sites (tertiary alicyclic amines) is 1. The summed E-state index contributed by atoms with van der Waals surface area (Å²) in [6.45, 7) is 9.97. The van der Waals surface area contributed by atoms with Crippen LogP contribution in [-0.4, -0.2) is 95.3 Å². The fourth-order valence-electron chi connectivity index (χ4n) is 10.6. The predicted molar refractivity (Wildman–Crippen MR) is 193 cm³/mol. The molecule has 1 aromatic rings. The van der Waals surface area contributed by atoms with Gasteiger partial charge in [-0.2, -0.15) is 5.26 Å². The smallest absolute Gasteiger partial charge is 0.246 e. The Kier molecular flexibility index (Phi) is 10.6. The van der Waals surface area contributed by atoms with Crippen LogP contribution in [0.3, 0.4) is 0 Å². The molecule has 2 N–H and O–H groups in total. The van der Waals surface area contributed by atoms with E-state index in [0.29, 0.717) is 37.4 Å². The highest BCUT2D eigenvalue weighted by Crippen LogP contribution is 2.57. The number of nitriles is 1. The molecule has 1 aromatic carbocycles. The monoisotopic (exact) mass is 674 g/mol. The molecule has 2 saturated carbocycles. The van der Waals surface area contributed by atoms with Crippen molar-refractivity contribution < 1.29 is 9.53 Å². The fraction of sp³-hybridized carbons (Fsp3) is 0.744. The first-order chi connectivity index (χ1) is 23.3. The summed E-state index contributed by atoms with van der Waals surface area (Å²) >= 11 is 2.24. The van der Waals surface area contributed by atoms with E-state index < -0.39 is 0 Å². The molecule has 7 rings (SSSR count). The maximum Gasteiger partial charge on any atom is 0.246 e. The van der Waals surface area contributed by atoms with Crippen LogP contribution in [0.1, 0.15) is 93.7 Å². The number of hydrogen-bond donors (Lipinski definition) is 2. The Balaban J connectivity index is 1.23. The predicted octanol–water partition coefficient (Wildman–Crippen LogP) is 5.56. The zero-order chi connectivity index (χ0) is 33.3. The zero-order valence-corrected chi connectivity index (χ0v) is 30.2. The molecule has 6 unspecified atom stereocenters. The average molecular weight is 675 g/mol. The molecule has 4 aliphatic heterocycles. The van der Waals surface area contributed by atoms with Crippen LogP contribution in [0.4, 0.5) is 0 Å². The van der Waals surface area contributed by atoms with E-state index in [0.717, 1.165) is 31.9 Å². The van der Waals surface area contributed by atoms with E-state index in [-0.39, 0.29) is 34.8 Å². The topological polar surface area (TPSA) is 83.9 Å². The van der Waals surface area contributed by atoms with Crippen LogP contribution < -0.4 is 10.6 Å². The summed E-state index contributed by atoms with van der Waals surface area (Å²) in [6, 6.07) is 9.86. The number of hydrogen-bond acceptors (Lipinski definition) is 8. The van der Waals surface area contributed by atoms with E-state index in [1.807, 2.05) is 4.90 Å². The van der Waals surface area contributed by atoms with Gasteiger partial charge in [-0.05, 0) is 95.0 Å². The first kappa shape index (κ1) is 34.5. The second-order valence-corrected chi connectivity index (χ2v) is 17.4. The summed E-state index contributed by atoms with van der Waals surface area (Å²) in [6.07, 6.45) is 16.7. The number of fused-ring (bicyclic) bond motifs is 2. The highest BCUT2D eigenvalue weighted by Gasteiger charge is 2.60. The summed E-state index contributed by atoms with van der Waals surface area (Å²) in [5, 5.41) is 18.2. The van der Waals surface area contributed by atoms with Crippen molar-refractivity contribution in [2.24, 2.45) is 11.8 Å². The number of amides is 1. The van der Waals surface area contributed by atoms with Crippen LogP contribution in [-0.2, 0) is 21.7 Å². The SMILES string of the molecule is C=CC(=O)N1CCN(C2NC(OCC3CCCN3C)NC3(C4CCCCCC4)C[C@]4(CCC23)Cc2ccc(C)cc2CS4)CC1CC#N. The number of aryl methyl sites for hydroxylation is 1. The van der Waals surface area contributed by atoms with Gasteiger partial charge in [0.2, 0.25) is 5.91 Å². The number of nitrogens with one attached hydrogen (secondary N) is 2. The van der Waals surface area contributed by atoms with Crippen molar-refractivity contribution >= 4 is 17.7 Å². The molecule has 8 nitrogen and oxygen atoms in total. The Labute approximate surface area is 293 Å². The fourth-order valence-corrected chi connectivity index (χ4v) is 12.2. The van der Waals surface area contributed by atoms with Gasteiger partial charge in [0.05, 0.1) is 31.3 Å². The zero-order valence-electron chi connectivity index (χ0n) is 29.4. The van der Waals surface area contributed by atoms with Gasteiger partial charge in [-0.3, -0.25) is 20.3 Å². The highest BCUT2D eigenvalue weighted by molar-refractivity contribution is 8.00. The maximum absolute atomic E-state index is 12.8. The van der Waals surface area contributed by atoms with Crippen LogP contribution in [0.25, 0.3) is 0 Å². The molecule has 7 atom stereocenters. The quantitative estimate of drug-likeness (QED) is 0.288. The summed E-state index contributed by atoms with van der Waals surface area (Å²) in [7, 11) is 2.23. The molecule has 1 amide bonds. The molecule has 0 radical (unpaired) electrons. The molecule has 1 spiro atoms. The normalized spacial score (nSPS) is 36.6. The molecule has 9 heteroatoms. The summed E-state index contributed by atoms with van der Waals surface area (Å²) < 4.78 is 7.14. The minimum atomic E-state index is -0.232. The average Bonchev–Trinajstić information content (AvgIpc) is 3.31. The van der Waals surface area contributed by atoms with Crippen LogP contribution in [0.15, 0.2) is 30.9 Å². The number of rotatable bonds is 7. The molecule has 262 valence electrons. The Bertz CT molecular complexity index is 1360. The second kappa shape index (κ2) is 14.7. The molecular formula is C39H58N6O2S. The molecular weight excluding hydrogens is 617 g/mol. The Morgan fingerprint density at radius 1 is 1.10 bits per heavy atom. The van der Waals surface area contributed by atoms with Gasteiger partial charge in [-0.15, -0.1) is 11.8 Å². The van der Waals surface area contributed by atoms with Gasteiger partial charge in [0.1, 0.15) is 0 Å². The van der Waals surface area contributed by atoms with Crippen molar-refractivity contribution in [3.63, 3.8) is 0 Å². The van der Waals surface area contributed by atoms with Gasteiger partial charge in [0.25, 0.3) is 0 Å². The van der Waals surface area contributed by atoms with Gasteiger partial charge in [0.15, 0.2) is 6.35 Å². The molecule has 0 bridgehead atoms. The summed E-state index contributed by atoms with van der Waals surface area (Å²) in [5.74, 6) is 2.06. The van der Waals surface area contributed by atoms with Crippen molar-refractivity contribution in [2.45, 2.75) is 131 Å². The molecule has 0 aromatic heterocycles. The van der Waals surface area contributed by atoms with Crippen molar-refractivity contribution in [3.05, 3.63) is 47.5 Å². The van der Waals surface area contributed by atoms with E-state index >= 15 is 0 Å². The van der Waals surface area contributed by atoms with Crippen LogP contribution in [0.2, 0.25) is 0 Å². The van der Waals surface area contributed by atoms with Gasteiger partial charge < -0.3 is 14.5 Å². The van der Waals surface area contributed by atoms with Crippen LogP contribution in [0.5, 0.6) is 0 Å². The number of ether oxygens (including phenoxy) is 1. The lowest BCUT2D eigenvalue weighted by atomic mass is 9.58. The Hall–Kier alpha value is -1.93. The standard InChI is InChI=1S/C39H58N6O2S/c1-4-35(46)45-21-20-44(24-32(45)16-18-40)36-34-15-17-38(23-29-14-13-28(2)22-30(29)26-48-38)27-39(34,31-10-7-5-6-8-11-31)42-37(41-36)47-25-33-12-9-19-43(33)3/h4,13-14,22,31-34,36-37,41-42H,1,5-12,15-17,19-21,23-27H2,2-3H3/t32?,33?,34?,36?,37?,38-,39?/m0/s1. The highest BCUT2D eigenvalue weighted by atomic mass is 32.2. The number of piperazine rings is 1. The minimum absolute atomic E-state index is 0.0429. The van der Waals surface area contributed by atoms with Crippen molar-refractivity contribution in [1.29, 1.82) is 5.26 Å². The maximum atomic E-state index is 12.8. The first-order valence-corrected chi connectivity index (χ1v) is 19.9. The van der Waals surface area contributed by atoms with E-state index in [1.165, 1.54) is 87.8 Å². The van der Waals surface area contributed by atoms with E-state index in [9.17, 15) is 10.1 Å². The third-order valence-corrected chi connectivity index (χ3v) is 14.7. The van der Waals surface area contributed by atoms with Gasteiger partial charge in [0, 0.05) is 47.6 Å². The van der Waals surface area contributed by atoms with Crippen molar-refractivity contribution in [3.8, 4) is 6.07 Å². The third-order valence-electron chi connectivity index (χ3n) is 13.1. The molecule has 48 heavy (non-hydrogen) atoms. The number of carbonyl (C=O) groups excluding carboxylic acids is 1. The molecule has 3 saturated heterocycles. The van der Waals surface area contributed by atoms with Gasteiger partial charge >= 0.3 is 0 Å². The summed E-state index contributed by atoms with van der Waals surface area (Å²) in [5.41, 5.74) is 4.41. The lowest BCUT2D eigenvalue weighted by molar-refractivity contribution is -0.154. The minimum Gasteiger partial charge on any atom is -0.348 e. The third kappa shape index (κ3) is 6.87. The van der Waals surface area contributed by atoms with E-state index in [2.05, 4.69) is 77.0 Å². The van der Waals surface area contributed by atoms with Crippen LogP contribution >= 0.6 is 11.8 Å². The summed E-state index contributed by atoms with van der Waals surface area (Å²) in [4.78, 5) is 19.8. The van der Waals surface area contributed by atoms with E-state index in [1.54, 1.807) is 5.56 Å². The number of nitrogens with zero attached hydrogens (tertiary/aromatic N) is 4.